The van der Waals surface area contributed by atoms with Crippen LogP contribution >= 0.6 is 11.8 Å². The Morgan fingerprint density at radius 1 is 1.54 bits per heavy atom. The minimum atomic E-state index is -0.314. The second-order valence-corrected chi connectivity index (χ2v) is 4.21. The molecule has 13 heavy (non-hydrogen) atoms. The van der Waals surface area contributed by atoms with Crippen LogP contribution in [-0.4, -0.2) is 43.7 Å². The smallest absolute Gasteiger partial charge is 0.330 e. The van der Waals surface area contributed by atoms with Gasteiger partial charge in [-0.2, -0.15) is 11.8 Å². The molecule has 0 saturated carbocycles. The quantitative estimate of drug-likeness (QED) is 0.485. The summed E-state index contributed by atoms with van der Waals surface area (Å²) in [5.74, 6) is 2.14. The van der Waals surface area contributed by atoms with Gasteiger partial charge in [-0.15, -0.1) is 0 Å². The maximum absolute atomic E-state index is 10.7. The van der Waals surface area contributed by atoms with Crippen molar-refractivity contribution in [3.05, 3.63) is 12.7 Å². The standard InChI is InChI=1S/C9H15NO2S/c1-2-9(11)12-6-3-10-4-7-13-8-5-10/h2H,1,3-8H2/p+1. The molecule has 3 nitrogen and oxygen atoms in total. The average Bonchev–Trinajstić information content (AvgIpc) is 2.19. The molecular formula is C9H16NO2S+. The van der Waals surface area contributed by atoms with E-state index in [9.17, 15) is 4.79 Å². The Balaban J connectivity index is 2.04. The van der Waals surface area contributed by atoms with Gasteiger partial charge in [0.15, 0.2) is 0 Å². The van der Waals surface area contributed by atoms with Crippen molar-refractivity contribution in [2.45, 2.75) is 0 Å². The summed E-state index contributed by atoms with van der Waals surface area (Å²) in [4.78, 5) is 12.2. The van der Waals surface area contributed by atoms with Gasteiger partial charge in [-0.25, -0.2) is 4.79 Å². The minimum Gasteiger partial charge on any atom is -0.457 e. The first-order valence-corrected chi connectivity index (χ1v) is 5.69. The zero-order valence-corrected chi connectivity index (χ0v) is 8.57. The number of hydrogen-bond acceptors (Lipinski definition) is 3. The molecule has 1 saturated heterocycles. The van der Waals surface area contributed by atoms with E-state index >= 15 is 0 Å². The van der Waals surface area contributed by atoms with Crippen LogP contribution in [0.25, 0.3) is 0 Å². The lowest BCUT2D eigenvalue weighted by Crippen LogP contribution is -3.14. The Hall–Kier alpha value is -0.480. The number of rotatable bonds is 4. The molecule has 1 N–H and O–H groups in total. The molecule has 1 rings (SSSR count). The Kier molecular flexibility index (Phi) is 4.93. The van der Waals surface area contributed by atoms with E-state index in [1.54, 1.807) is 0 Å². The fraction of sp³-hybridized carbons (Fsp3) is 0.667. The maximum Gasteiger partial charge on any atom is 0.330 e. The van der Waals surface area contributed by atoms with Gasteiger partial charge in [0.05, 0.1) is 13.1 Å². The summed E-state index contributed by atoms with van der Waals surface area (Å²) in [5, 5.41) is 0. The molecule has 4 heteroatoms. The van der Waals surface area contributed by atoms with Crippen molar-refractivity contribution in [2.75, 3.05) is 37.7 Å². The van der Waals surface area contributed by atoms with Crippen molar-refractivity contribution < 1.29 is 14.4 Å². The van der Waals surface area contributed by atoms with E-state index in [1.165, 1.54) is 35.6 Å². The van der Waals surface area contributed by atoms with Crippen LogP contribution in [0.15, 0.2) is 12.7 Å². The summed E-state index contributed by atoms with van der Waals surface area (Å²) in [7, 11) is 0. The van der Waals surface area contributed by atoms with Crippen LogP contribution in [0.1, 0.15) is 0 Å². The first-order chi connectivity index (χ1) is 6.33. The Labute approximate surface area is 83.1 Å². The molecule has 0 aromatic rings. The number of esters is 1. The van der Waals surface area contributed by atoms with Crippen molar-refractivity contribution in [2.24, 2.45) is 0 Å². The summed E-state index contributed by atoms with van der Waals surface area (Å²) in [6, 6.07) is 0. The molecule has 0 unspecified atom stereocenters. The van der Waals surface area contributed by atoms with Gasteiger partial charge in [-0.05, 0) is 0 Å². The van der Waals surface area contributed by atoms with Crippen molar-refractivity contribution in [1.29, 1.82) is 0 Å². The highest BCUT2D eigenvalue weighted by atomic mass is 32.2. The normalized spacial score (nSPS) is 18.2. The summed E-state index contributed by atoms with van der Waals surface area (Å²) in [6.45, 7) is 7.17. The number of ether oxygens (including phenoxy) is 1. The Morgan fingerprint density at radius 2 is 2.23 bits per heavy atom. The zero-order valence-electron chi connectivity index (χ0n) is 7.75. The number of hydrogen-bond donors (Lipinski definition) is 1. The molecule has 0 spiro atoms. The minimum absolute atomic E-state index is 0.314. The molecule has 1 fully saturated rings. The lowest BCUT2D eigenvalue weighted by atomic mass is 10.5. The highest BCUT2D eigenvalue weighted by molar-refractivity contribution is 7.99. The van der Waals surface area contributed by atoms with Crippen molar-refractivity contribution in [3.63, 3.8) is 0 Å². The van der Waals surface area contributed by atoms with E-state index in [0.29, 0.717) is 6.61 Å². The summed E-state index contributed by atoms with van der Waals surface area (Å²) in [6.07, 6.45) is 1.21. The topological polar surface area (TPSA) is 30.7 Å². The van der Waals surface area contributed by atoms with E-state index in [4.69, 9.17) is 4.74 Å². The first kappa shape index (κ1) is 10.6. The van der Waals surface area contributed by atoms with E-state index in [1.807, 2.05) is 11.8 Å². The van der Waals surface area contributed by atoms with Crippen molar-refractivity contribution in [1.82, 2.24) is 0 Å². The first-order valence-electron chi connectivity index (χ1n) is 4.53. The van der Waals surface area contributed by atoms with Gasteiger partial charge < -0.3 is 9.64 Å². The predicted molar refractivity (Wildman–Crippen MR) is 54.0 cm³/mol. The Bertz CT molecular complexity index is 178. The van der Waals surface area contributed by atoms with Crippen LogP contribution in [0.2, 0.25) is 0 Å². The molecular weight excluding hydrogens is 186 g/mol. The SMILES string of the molecule is C=CC(=O)OCC[NH+]1CCSCC1. The number of thioether (sulfide) groups is 1. The van der Waals surface area contributed by atoms with Gasteiger partial charge in [-0.3, -0.25) is 0 Å². The fourth-order valence-corrected chi connectivity index (χ4v) is 2.34. The third-order valence-corrected chi connectivity index (χ3v) is 3.05. The van der Waals surface area contributed by atoms with Crippen molar-refractivity contribution in [3.8, 4) is 0 Å². The van der Waals surface area contributed by atoms with E-state index in [-0.39, 0.29) is 5.97 Å². The molecule has 0 bridgehead atoms. The molecule has 1 aliphatic rings. The average molecular weight is 202 g/mol. The van der Waals surface area contributed by atoms with Crippen LogP contribution in [0.5, 0.6) is 0 Å². The number of quaternary nitrogens is 1. The summed E-state index contributed by atoms with van der Waals surface area (Å²) >= 11 is 2.00. The molecule has 1 heterocycles. The number of carbonyl (C=O) groups excluding carboxylic acids is 1. The molecule has 0 aromatic carbocycles. The Morgan fingerprint density at radius 3 is 2.85 bits per heavy atom. The lowest BCUT2D eigenvalue weighted by molar-refractivity contribution is -0.896. The van der Waals surface area contributed by atoms with Crippen LogP contribution in [0, 0.1) is 0 Å². The summed E-state index contributed by atoms with van der Waals surface area (Å²) in [5.41, 5.74) is 0. The second kappa shape index (κ2) is 6.05. The third-order valence-electron chi connectivity index (χ3n) is 2.07. The molecule has 0 aromatic heterocycles. The van der Waals surface area contributed by atoms with Gasteiger partial charge in [0, 0.05) is 17.6 Å². The van der Waals surface area contributed by atoms with Gasteiger partial charge in [0.25, 0.3) is 0 Å². The highest BCUT2D eigenvalue weighted by Crippen LogP contribution is 1.97. The molecule has 0 amide bonds. The van der Waals surface area contributed by atoms with Crippen LogP contribution in [0.3, 0.4) is 0 Å². The molecule has 0 radical (unpaired) electrons. The molecule has 74 valence electrons. The van der Waals surface area contributed by atoms with Gasteiger partial charge in [0.2, 0.25) is 0 Å². The van der Waals surface area contributed by atoms with Crippen LogP contribution in [0.4, 0.5) is 0 Å². The van der Waals surface area contributed by atoms with E-state index < -0.39 is 0 Å². The number of carbonyl (C=O) groups is 1. The lowest BCUT2D eigenvalue weighted by Gasteiger charge is -2.22. The fourth-order valence-electron chi connectivity index (χ4n) is 1.26. The molecule has 1 aliphatic heterocycles. The predicted octanol–water partition coefficient (Wildman–Crippen LogP) is -0.653. The highest BCUT2D eigenvalue weighted by Gasteiger charge is 2.13. The second-order valence-electron chi connectivity index (χ2n) is 2.98. The van der Waals surface area contributed by atoms with Gasteiger partial charge in [0.1, 0.15) is 13.2 Å². The van der Waals surface area contributed by atoms with Crippen LogP contribution in [-0.2, 0) is 9.53 Å². The van der Waals surface area contributed by atoms with E-state index in [2.05, 4.69) is 6.58 Å². The summed E-state index contributed by atoms with van der Waals surface area (Å²) < 4.78 is 4.91. The van der Waals surface area contributed by atoms with Gasteiger partial charge >= 0.3 is 5.97 Å². The third kappa shape index (κ3) is 4.33. The molecule has 0 atom stereocenters. The largest absolute Gasteiger partial charge is 0.457 e. The molecule has 0 aliphatic carbocycles. The number of nitrogens with one attached hydrogen (secondary N) is 1. The zero-order chi connectivity index (χ0) is 9.52. The van der Waals surface area contributed by atoms with Crippen LogP contribution < -0.4 is 4.90 Å². The van der Waals surface area contributed by atoms with Gasteiger partial charge in [-0.1, -0.05) is 6.58 Å². The van der Waals surface area contributed by atoms with E-state index in [0.717, 1.165) is 6.54 Å². The van der Waals surface area contributed by atoms with Crippen molar-refractivity contribution >= 4 is 17.7 Å². The monoisotopic (exact) mass is 202 g/mol. The maximum atomic E-state index is 10.7.